The summed E-state index contributed by atoms with van der Waals surface area (Å²) in [5.41, 5.74) is 0. The van der Waals surface area contributed by atoms with Crippen molar-refractivity contribution in [3.05, 3.63) is 0 Å². The lowest BCUT2D eigenvalue weighted by atomic mass is 10.0. The third-order valence-corrected chi connectivity index (χ3v) is 3.26. The van der Waals surface area contributed by atoms with Crippen LogP contribution in [0.25, 0.3) is 0 Å². The van der Waals surface area contributed by atoms with E-state index in [9.17, 15) is 14.4 Å². The number of nitrogens with zero attached hydrogens (tertiary/aromatic N) is 2. The first-order chi connectivity index (χ1) is 9.61. The predicted molar refractivity (Wildman–Crippen MR) is 79.8 cm³/mol. The number of rotatable bonds is 8. The SMILES string of the molecule is CN[C@@H](CC(C)C)C(=O)N(C)[C@@H](CC(=O)O)C(=O)N(C)C. The second-order valence-electron chi connectivity index (χ2n) is 5.77. The topological polar surface area (TPSA) is 90.0 Å². The van der Waals surface area contributed by atoms with Crippen LogP contribution in [0.4, 0.5) is 0 Å². The summed E-state index contributed by atoms with van der Waals surface area (Å²) >= 11 is 0. The minimum absolute atomic E-state index is 0.271. The van der Waals surface area contributed by atoms with Crippen molar-refractivity contribution >= 4 is 17.8 Å². The molecule has 7 nitrogen and oxygen atoms in total. The van der Waals surface area contributed by atoms with E-state index in [2.05, 4.69) is 5.32 Å². The van der Waals surface area contributed by atoms with Gasteiger partial charge in [-0.05, 0) is 19.4 Å². The number of amides is 2. The summed E-state index contributed by atoms with van der Waals surface area (Å²) in [5, 5.41) is 11.9. The van der Waals surface area contributed by atoms with E-state index in [1.54, 1.807) is 21.1 Å². The number of carbonyl (C=O) groups excluding carboxylic acids is 2. The number of hydrogen-bond acceptors (Lipinski definition) is 4. The van der Waals surface area contributed by atoms with Gasteiger partial charge in [0.15, 0.2) is 0 Å². The maximum absolute atomic E-state index is 12.5. The van der Waals surface area contributed by atoms with E-state index in [0.717, 1.165) is 0 Å². The summed E-state index contributed by atoms with van der Waals surface area (Å²) in [7, 11) is 6.24. The maximum atomic E-state index is 12.5. The molecule has 0 spiro atoms. The van der Waals surface area contributed by atoms with Gasteiger partial charge < -0.3 is 20.2 Å². The highest BCUT2D eigenvalue weighted by molar-refractivity contribution is 5.91. The number of carbonyl (C=O) groups is 3. The van der Waals surface area contributed by atoms with Crippen molar-refractivity contribution in [1.29, 1.82) is 0 Å². The zero-order valence-electron chi connectivity index (χ0n) is 13.7. The van der Waals surface area contributed by atoms with E-state index < -0.39 is 30.4 Å². The van der Waals surface area contributed by atoms with E-state index in [1.807, 2.05) is 13.8 Å². The zero-order valence-corrected chi connectivity index (χ0v) is 13.7. The van der Waals surface area contributed by atoms with Crippen LogP contribution in [-0.2, 0) is 14.4 Å². The first kappa shape index (κ1) is 19.4. The monoisotopic (exact) mass is 301 g/mol. The Kier molecular flexibility index (Phi) is 7.94. The van der Waals surface area contributed by atoms with Gasteiger partial charge in [0.1, 0.15) is 6.04 Å². The standard InChI is InChI=1S/C14H27N3O4/c1-9(2)7-10(15-3)13(20)17(6)11(8-12(18)19)14(21)16(4)5/h9-11,15H,7-8H2,1-6H3,(H,18,19)/t10-,11-/m0/s1. The van der Waals surface area contributed by atoms with Crippen molar-refractivity contribution in [3.63, 3.8) is 0 Å². The molecule has 21 heavy (non-hydrogen) atoms. The van der Waals surface area contributed by atoms with Gasteiger partial charge in [-0.1, -0.05) is 13.8 Å². The molecule has 0 saturated heterocycles. The fourth-order valence-corrected chi connectivity index (χ4v) is 2.07. The summed E-state index contributed by atoms with van der Waals surface area (Å²) in [6.45, 7) is 3.99. The third kappa shape index (κ3) is 6.12. The number of carboxylic acids is 1. The van der Waals surface area contributed by atoms with Crippen LogP contribution in [-0.4, -0.2) is 73.0 Å². The van der Waals surface area contributed by atoms with Crippen LogP contribution >= 0.6 is 0 Å². The number of nitrogens with one attached hydrogen (secondary N) is 1. The highest BCUT2D eigenvalue weighted by atomic mass is 16.4. The highest BCUT2D eigenvalue weighted by Gasteiger charge is 2.33. The molecule has 0 radical (unpaired) electrons. The van der Waals surface area contributed by atoms with Crippen molar-refractivity contribution in [3.8, 4) is 0 Å². The van der Waals surface area contributed by atoms with Crippen molar-refractivity contribution in [2.75, 3.05) is 28.2 Å². The Bertz CT molecular complexity index is 382. The Morgan fingerprint density at radius 1 is 1.10 bits per heavy atom. The quantitative estimate of drug-likeness (QED) is 0.659. The first-order valence-corrected chi connectivity index (χ1v) is 6.98. The molecule has 0 bridgehead atoms. The highest BCUT2D eigenvalue weighted by Crippen LogP contribution is 2.12. The van der Waals surface area contributed by atoms with Crippen LogP contribution in [0.15, 0.2) is 0 Å². The van der Waals surface area contributed by atoms with E-state index >= 15 is 0 Å². The summed E-state index contributed by atoms with van der Waals surface area (Å²) in [4.78, 5) is 38.1. The summed E-state index contributed by atoms with van der Waals surface area (Å²) in [6.07, 6.45) is 0.215. The van der Waals surface area contributed by atoms with E-state index in [1.165, 1.54) is 16.8 Å². The van der Waals surface area contributed by atoms with Gasteiger partial charge in [0.2, 0.25) is 11.8 Å². The molecule has 7 heteroatoms. The van der Waals surface area contributed by atoms with Crippen LogP contribution in [0.1, 0.15) is 26.7 Å². The molecule has 0 aromatic carbocycles. The van der Waals surface area contributed by atoms with Crippen LogP contribution in [0, 0.1) is 5.92 Å². The van der Waals surface area contributed by atoms with Crippen molar-refractivity contribution in [2.24, 2.45) is 5.92 Å². The maximum Gasteiger partial charge on any atom is 0.305 e. The van der Waals surface area contributed by atoms with Crippen LogP contribution in [0.3, 0.4) is 0 Å². The van der Waals surface area contributed by atoms with Gasteiger partial charge in [-0.15, -0.1) is 0 Å². The molecule has 0 rings (SSSR count). The minimum Gasteiger partial charge on any atom is -0.481 e. The Morgan fingerprint density at radius 2 is 1.62 bits per heavy atom. The molecule has 0 aliphatic rings. The fraction of sp³-hybridized carbons (Fsp3) is 0.786. The molecule has 0 aromatic rings. The Balaban J connectivity index is 5.16. The second kappa shape index (κ2) is 8.61. The number of hydrogen-bond donors (Lipinski definition) is 2. The Hall–Kier alpha value is -1.63. The zero-order chi connectivity index (χ0) is 16.7. The Labute approximate surface area is 126 Å². The average molecular weight is 301 g/mol. The van der Waals surface area contributed by atoms with Gasteiger partial charge in [0.05, 0.1) is 12.5 Å². The number of aliphatic carboxylic acids is 1. The molecule has 0 fully saturated rings. The van der Waals surface area contributed by atoms with E-state index in [4.69, 9.17) is 5.11 Å². The molecule has 2 N–H and O–H groups in total. The minimum atomic E-state index is -1.11. The largest absolute Gasteiger partial charge is 0.481 e. The molecule has 0 unspecified atom stereocenters. The molecule has 2 amide bonds. The van der Waals surface area contributed by atoms with E-state index in [-0.39, 0.29) is 5.91 Å². The van der Waals surface area contributed by atoms with Gasteiger partial charge in [-0.3, -0.25) is 14.4 Å². The van der Waals surface area contributed by atoms with Crippen LogP contribution < -0.4 is 5.32 Å². The molecule has 0 heterocycles. The van der Waals surface area contributed by atoms with Gasteiger partial charge in [0, 0.05) is 21.1 Å². The molecular weight excluding hydrogens is 274 g/mol. The number of likely N-dealkylation sites (N-methyl/N-ethyl adjacent to an activating group) is 3. The lowest BCUT2D eigenvalue weighted by molar-refractivity contribution is -0.149. The van der Waals surface area contributed by atoms with Crippen LogP contribution in [0.5, 0.6) is 0 Å². The molecule has 0 aliphatic carbocycles. The van der Waals surface area contributed by atoms with Crippen molar-refractivity contribution < 1.29 is 19.5 Å². The number of carboxylic acid groups (broad SMARTS) is 1. The molecule has 2 atom stereocenters. The summed E-state index contributed by atoms with van der Waals surface area (Å²) in [5.74, 6) is -1.47. The average Bonchev–Trinajstić information content (AvgIpc) is 2.39. The lowest BCUT2D eigenvalue weighted by Crippen LogP contribution is -2.53. The predicted octanol–water partition coefficient (Wildman–Crippen LogP) is 0.0104. The third-order valence-electron chi connectivity index (χ3n) is 3.26. The second-order valence-corrected chi connectivity index (χ2v) is 5.77. The molecule has 0 aliphatic heterocycles. The van der Waals surface area contributed by atoms with Crippen molar-refractivity contribution in [2.45, 2.75) is 38.8 Å². The van der Waals surface area contributed by atoms with E-state index in [0.29, 0.717) is 12.3 Å². The van der Waals surface area contributed by atoms with Gasteiger partial charge in [0.25, 0.3) is 0 Å². The first-order valence-electron chi connectivity index (χ1n) is 6.98. The molecule has 0 saturated carbocycles. The smallest absolute Gasteiger partial charge is 0.305 e. The fourth-order valence-electron chi connectivity index (χ4n) is 2.07. The Morgan fingerprint density at radius 3 is 1.95 bits per heavy atom. The molecule has 122 valence electrons. The van der Waals surface area contributed by atoms with Gasteiger partial charge >= 0.3 is 5.97 Å². The van der Waals surface area contributed by atoms with Gasteiger partial charge in [-0.2, -0.15) is 0 Å². The summed E-state index contributed by atoms with van der Waals surface area (Å²) in [6, 6.07) is -1.42. The van der Waals surface area contributed by atoms with Crippen LogP contribution in [0.2, 0.25) is 0 Å². The van der Waals surface area contributed by atoms with Crippen molar-refractivity contribution in [1.82, 2.24) is 15.1 Å². The lowest BCUT2D eigenvalue weighted by Gasteiger charge is -2.31. The summed E-state index contributed by atoms with van der Waals surface area (Å²) < 4.78 is 0. The molecular formula is C14H27N3O4. The van der Waals surface area contributed by atoms with Gasteiger partial charge in [-0.25, -0.2) is 0 Å². The normalized spacial score (nSPS) is 13.7. The molecule has 0 aromatic heterocycles.